The van der Waals surface area contributed by atoms with Crippen molar-refractivity contribution in [2.24, 2.45) is 0 Å². The number of likely N-dealkylation sites (N-methyl/N-ethyl adjacent to an activating group) is 1. The molecule has 3 rings (SSSR count). The highest BCUT2D eigenvalue weighted by molar-refractivity contribution is 7.88. The van der Waals surface area contributed by atoms with Crippen molar-refractivity contribution in [1.82, 2.24) is 14.3 Å². The zero-order valence-corrected chi connectivity index (χ0v) is 17.3. The molecule has 2 aromatic heterocycles. The maximum atomic E-state index is 12.9. The maximum Gasteiger partial charge on any atom is 0.244 e. The number of fused-ring (bicyclic) bond motifs is 1. The van der Waals surface area contributed by atoms with Crippen molar-refractivity contribution in [2.75, 3.05) is 31.9 Å². The minimum atomic E-state index is -3.48. The summed E-state index contributed by atoms with van der Waals surface area (Å²) in [5, 5.41) is 0.473. The van der Waals surface area contributed by atoms with E-state index in [1.807, 2.05) is 18.2 Å². The molecule has 148 valence electrons. The molecule has 0 aliphatic heterocycles. The molecule has 0 atom stereocenters. The Balaban J connectivity index is 1.96. The highest BCUT2D eigenvalue weighted by atomic mass is 32.2. The van der Waals surface area contributed by atoms with Crippen molar-refractivity contribution < 1.29 is 17.9 Å². The molecule has 1 amide bonds. The quantitative estimate of drug-likeness (QED) is 0.581. The van der Waals surface area contributed by atoms with Gasteiger partial charge in [-0.05, 0) is 30.3 Å². The van der Waals surface area contributed by atoms with Crippen molar-refractivity contribution >= 4 is 42.6 Å². The second kappa shape index (κ2) is 8.21. The number of aromatic nitrogens is 2. The highest BCUT2D eigenvalue weighted by Gasteiger charge is 2.24. The molecule has 28 heavy (non-hydrogen) atoms. The second-order valence-corrected chi connectivity index (χ2v) is 9.25. The summed E-state index contributed by atoms with van der Waals surface area (Å²) in [7, 11) is -0.529. The molecule has 0 bridgehead atoms. The van der Waals surface area contributed by atoms with E-state index in [2.05, 4.69) is 9.97 Å². The Labute approximate surface area is 167 Å². The number of anilines is 1. The van der Waals surface area contributed by atoms with Gasteiger partial charge in [0.1, 0.15) is 5.75 Å². The van der Waals surface area contributed by atoms with Gasteiger partial charge in [0.2, 0.25) is 15.9 Å². The van der Waals surface area contributed by atoms with Crippen LogP contribution < -0.4 is 9.64 Å². The van der Waals surface area contributed by atoms with E-state index in [1.165, 1.54) is 23.3 Å². The molecule has 0 N–H and O–H groups in total. The summed E-state index contributed by atoms with van der Waals surface area (Å²) in [5.41, 5.74) is 1.41. The topological polar surface area (TPSA) is 92.7 Å². The minimum Gasteiger partial charge on any atom is -0.497 e. The maximum absolute atomic E-state index is 12.9. The van der Waals surface area contributed by atoms with E-state index in [0.717, 1.165) is 20.8 Å². The van der Waals surface area contributed by atoms with E-state index in [4.69, 9.17) is 4.74 Å². The number of benzene rings is 1. The lowest BCUT2D eigenvalue weighted by molar-refractivity contribution is -0.118. The largest absolute Gasteiger partial charge is 0.497 e. The van der Waals surface area contributed by atoms with E-state index >= 15 is 0 Å². The van der Waals surface area contributed by atoms with Crippen LogP contribution in [0.5, 0.6) is 5.75 Å². The Morgan fingerprint density at radius 2 is 2.04 bits per heavy atom. The number of sulfonamides is 1. The van der Waals surface area contributed by atoms with Crippen LogP contribution >= 0.6 is 11.3 Å². The summed E-state index contributed by atoms with van der Waals surface area (Å²) in [6.07, 6.45) is 2.71. The van der Waals surface area contributed by atoms with E-state index in [0.29, 0.717) is 16.6 Å². The van der Waals surface area contributed by atoms with Gasteiger partial charge in [0.25, 0.3) is 0 Å². The molecule has 0 spiro atoms. The number of amides is 1. The molecule has 10 heteroatoms. The Bertz CT molecular complexity index is 1080. The third-order valence-corrected chi connectivity index (χ3v) is 6.39. The standard InChI is InChI=1S/C18H20N4O4S2/c1-21(28(3,24)25)12-17(23)22(11-13-6-4-5-9-19-13)18-20-15-8-7-14(26-2)10-16(15)27-18/h4-10H,11-12H2,1-3H3. The summed E-state index contributed by atoms with van der Waals surface area (Å²) in [6, 6.07) is 10.9. The molecule has 3 aromatic rings. The predicted octanol–water partition coefficient (Wildman–Crippen LogP) is 2.12. The molecule has 0 aliphatic carbocycles. The number of nitrogens with zero attached hydrogens (tertiary/aromatic N) is 4. The highest BCUT2D eigenvalue weighted by Crippen LogP contribution is 2.32. The van der Waals surface area contributed by atoms with Crippen LogP contribution in [0.4, 0.5) is 5.13 Å². The first-order valence-corrected chi connectivity index (χ1v) is 11.0. The summed E-state index contributed by atoms with van der Waals surface area (Å²) in [4.78, 5) is 23.2. The molecule has 0 saturated carbocycles. The van der Waals surface area contributed by atoms with Gasteiger partial charge in [-0.25, -0.2) is 13.4 Å². The number of hydrogen-bond acceptors (Lipinski definition) is 7. The van der Waals surface area contributed by atoms with E-state index in [1.54, 1.807) is 31.5 Å². The van der Waals surface area contributed by atoms with Crippen molar-refractivity contribution in [1.29, 1.82) is 0 Å². The van der Waals surface area contributed by atoms with Gasteiger partial charge in [-0.1, -0.05) is 17.4 Å². The smallest absolute Gasteiger partial charge is 0.244 e. The van der Waals surface area contributed by atoms with Crippen LogP contribution in [0, 0.1) is 0 Å². The van der Waals surface area contributed by atoms with Crippen LogP contribution in [0.3, 0.4) is 0 Å². The molecule has 0 fully saturated rings. The Morgan fingerprint density at radius 3 is 2.68 bits per heavy atom. The summed E-state index contributed by atoms with van der Waals surface area (Å²) < 4.78 is 30.5. The Kier molecular flexibility index (Phi) is 5.92. The third-order valence-electron chi connectivity index (χ3n) is 4.09. The van der Waals surface area contributed by atoms with Crippen LogP contribution in [0.15, 0.2) is 42.6 Å². The minimum absolute atomic E-state index is 0.189. The summed E-state index contributed by atoms with van der Waals surface area (Å²) >= 11 is 1.34. The van der Waals surface area contributed by atoms with Gasteiger partial charge in [-0.2, -0.15) is 4.31 Å². The average Bonchev–Trinajstić information content (AvgIpc) is 3.08. The lowest BCUT2D eigenvalue weighted by atomic mass is 10.3. The fourth-order valence-corrected chi connectivity index (χ4v) is 3.80. The molecule has 0 saturated heterocycles. The summed E-state index contributed by atoms with van der Waals surface area (Å²) in [6.45, 7) is -0.0981. The molecular formula is C18H20N4O4S2. The lowest BCUT2D eigenvalue weighted by Crippen LogP contribution is -2.40. The van der Waals surface area contributed by atoms with Gasteiger partial charge >= 0.3 is 0 Å². The molecular weight excluding hydrogens is 400 g/mol. The summed E-state index contributed by atoms with van der Waals surface area (Å²) in [5.74, 6) is 0.312. The monoisotopic (exact) mass is 420 g/mol. The molecule has 0 aliphatic rings. The first kappa shape index (κ1) is 20.2. The van der Waals surface area contributed by atoms with Gasteiger partial charge in [-0.15, -0.1) is 0 Å². The number of hydrogen-bond donors (Lipinski definition) is 0. The molecule has 2 heterocycles. The molecule has 1 aromatic carbocycles. The van der Waals surface area contributed by atoms with E-state index in [9.17, 15) is 13.2 Å². The Morgan fingerprint density at radius 1 is 1.25 bits per heavy atom. The van der Waals surface area contributed by atoms with Gasteiger partial charge in [-0.3, -0.25) is 14.7 Å². The fourth-order valence-electron chi connectivity index (χ4n) is 2.44. The van der Waals surface area contributed by atoms with Crippen LogP contribution in [0.1, 0.15) is 5.69 Å². The van der Waals surface area contributed by atoms with Crippen molar-refractivity contribution in [2.45, 2.75) is 6.54 Å². The number of carbonyl (C=O) groups excluding carboxylic acids is 1. The first-order chi connectivity index (χ1) is 13.3. The number of methoxy groups -OCH3 is 1. The Hall–Kier alpha value is -2.56. The SMILES string of the molecule is COc1ccc2nc(N(Cc3ccccn3)C(=O)CN(C)S(C)(=O)=O)sc2c1. The number of carbonyl (C=O) groups is 1. The number of ether oxygens (including phenoxy) is 1. The normalized spacial score (nSPS) is 11.7. The second-order valence-electron chi connectivity index (χ2n) is 6.15. The van der Waals surface area contributed by atoms with Crippen LogP contribution in [0.2, 0.25) is 0 Å². The average molecular weight is 421 g/mol. The van der Waals surface area contributed by atoms with E-state index in [-0.39, 0.29) is 19.0 Å². The van der Waals surface area contributed by atoms with Gasteiger partial charge in [0.15, 0.2) is 5.13 Å². The van der Waals surface area contributed by atoms with Crippen molar-refractivity contribution in [3.05, 3.63) is 48.3 Å². The van der Waals surface area contributed by atoms with E-state index < -0.39 is 10.0 Å². The predicted molar refractivity (Wildman–Crippen MR) is 109 cm³/mol. The molecule has 0 radical (unpaired) electrons. The third kappa shape index (κ3) is 4.64. The number of rotatable bonds is 7. The van der Waals surface area contributed by atoms with Crippen LogP contribution in [-0.2, 0) is 21.4 Å². The van der Waals surface area contributed by atoms with Crippen LogP contribution in [-0.4, -0.2) is 55.6 Å². The number of thiazole rings is 1. The number of pyridine rings is 1. The molecule has 0 unspecified atom stereocenters. The lowest BCUT2D eigenvalue weighted by Gasteiger charge is -2.22. The van der Waals surface area contributed by atoms with Gasteiger partial charge in [0.05, 0.1) is 42.4 Å². The van der Waals surface area contributed by atoms with Gasteiger partial charge < -0.3 is 4.74 Å². The van der Waals surface area contributed by atoms with Crippen molar-refractivity contribution in [3.63, 3.8) is 0 Å². The van der Waals surface area contributed by atoms with Gasteiger partial charge in [0, 0.05) is 13.2 Å². The zero-order chi connectivity index (χ0) is 20.3. The van der Waals surface area contributed by atoms with Crippen LogP contribution in [0.25, 0.3) is 10.2 Å². The zero-order valence-electron chi connectivity index (χ0n) is 15.7. The van der Waals surface area contributed by atoms with Crippen molar-refractivity contribution in [3.8, 4) is 5.75 Å². The molecule has 8 nitrogen and oxygen atoms in total. The first-order valence-electron chi connectivity index (χ1n) is 8.34. The fraction of sp³-hybridized carbons (Fsp3) is 0.278.